The number of nitrogens with zero attached hydrogens (tertiary/aromatic N) is 1. The predicted molar refractivity (Wildman–Crippen MR) is 136 cm³/mol. The van der Waals surface area contributed by atoms with Crippen LogP contribution < -0.4 is 0 Å². The van der Waals surface area contributed by atoms with Crippen molar-refractivity contribution in [1.29, 1.82) is 0 Å². The van der Waals surface area contributed by atoms with Crippen molar-refractivity contribution in [2.45, 2.75) is 110 Å². The summed E-state index contributed by atoms with van der Waals surface area (Å²) in [5, 5.41) is 0. The predicted octanol–water partition coefficient (Wildman–Crippen LogP) is 7.16. The molecule has 0 N–H and O–H groups in total. The summed E-state index contributed by atoms with van der Waals surface area (Å²) in [6, 6.07) is 4.74. The minimum absolute atomic E-state index is 0.116. The first-order valence-corrected chi connectivity index (χ1v) is 13.3. The van der Waals surface area contributed by atoms with E-state index in [-0.39, 0.29) is 23.4 Å². The van der Waals surface area contributed by atoms with Crippen LogP contribution in [0.2, 0.25) is 0 Å². The van der Waals surface area contributed by atoms with Gasteiger partial charge in [0.25, 0.3) is 0 Å². The van der Waals surface area contributed by atoms with Crippen molar-refractivity contribution >= 4 is 11.9 Å². The van der Waals surface area contributed by atoms with Crippen molar-refractivity contribution in [3.8, 4) is 0 Å². The van der Waals surface area contributed by atoms with Crippen LogP contribution in [0.1, 0.15) is 125 Å². The molecule has 0 aliphatic heterocycles. The highest BCUT2D eigenvalue weighted by atomic mass is 16.5. The molecule has 1 aromatic heterocycles. The normalized spacial score (nSPS) is 12.8. The van der Waals surface area contributed by atoms with E-state index in [9.17, 15) is 9.59 Å². The lowest BCUT2D eigenvalue weighted by Crippen LogP contribution is -2.24. The Bertz CT molecular complexity index is 679. The molecule has 0 amide bonds. The van der Waals surface area contributed by atoms with E-state index >= 15 is 0 Å². The highest BCUT2D eigenvalue weighted by Crippen LogP contribution is 2.15. The second kappa shape index (κ2) is 19.4. The summed E-state index contributed by atoms with van der Waals surface area (Å²) in [4.78, 5) is 28.9. The molecule has 0 aromatic carbocycles. The molecule has 194 valence electrons. The van der Waals surface area contributed by atoms with Gasteiger partial charge in [0.05, 0.1) is 6.61 Å². The van der Waals surface area contributed by atoms with Crippen LogP contribution in [-0.4, -0.2) is 43.4 Å². The highest BCUT2D eigenvalue weighted by Gasteiger charge is 2.20. The number of esters is 2. The van der Waals surface area contributed by atoms with Gasteiger partial charge in [-0.25, -0.2) is 14.6 Å². The van der Waals surface area contributed by atoms with Crippen molar-refractivity contribution in [1.82, 2.24) is 4.98 Å². The van der Waals surface area contributed by atoms with E-state index in [1.54, 1.807) is 25.3 Å². The van der Waals surface area contributed by atoms with Crippen LogP contribution in [0.5, 0.6) is 0 Å². The maximum atomic E-state index is 12.4. The van der Waals surface area contributed by atoms with Crippen molar-refractivity contribution < 1.29 is 23.8 Å². The number of carbonyl (C=O) groups is 2. The van der Waals surface area contributed by atoms with Gasteiger partial charge in [0, 0.05) is 13.7 Å². The molecule has 0 saturated carbocycles. The Balaban J connectivity index is 2.21. The van der Waals surface area contributed by atoms with E-state index in [1.807, 2.05) is 13.8 Å². The van der Waals surface area contributed by atoms with E-state index in [0.29, 0.717) is 13.2 Å². The molecule has 0 bridgehead atoms. The summed E-state index contributed by atoms with van der Waals surface area (Å²) in [7, 11) is 1.65. The van der Waals surface area contributed by atoms with Gasteiger partial charge in [0.1, 0.15) is 17.5 Å². The van der Waals surface area contributed by atoms with Gasteiger partial charge in [0.15, 0.2) is 0 Å². The fraction of sp³-hybridized carbons (Fsp3) is 0.750. The first kappa shape index (κ1) is 30.1. The Morgan fingerprint density at radius 3 is 1.88 bits per heavy atom. The van der Waals surface area contributed by atoms with Crippen molar-refractivity contribution in [2.24, 2.45) is 5.92 Å². The topological polar surface area (TPSA) is 74.7 Å². The molecule has 6 heteroatoms. The quantitative estimate of drug-likeness (QED) is 0.146. The number of ether oxygens (including phenoxy) is 3. The Morgan fingerprint density at radius 2 is 1.32 bits per heavy atom. The van der Waals surface area contributed by atoms with Crippen LogP contribution in [0.25, 0.3) is 0 Å². The molecule has 0 saturated heterocycles. The molecule has 1 heterocycles. The van der Waals surface area contributed by atoms with Crippen molar-refractivity contribution in [2.75, 3.05) is 20.3 Å². The summed E-state index contributed by atoms with van der Waals surface area (Å²) in [6.45, 7) is 7.10. The Morgan fingerprint density at radius 1 is 0.794 bits per heavy atom. The molecule has 34 heavy (non-hydrogen) atoms. The number of rotatable bonds is 20. The largest absolute Gasteiger partial charge is 0.461 e. The third kappa shape index (κ3) is 13.7. The zero-order chi connectivity index (χ0) is 25.0. The number of unbranched alkanes of at least 4 members (excludes halogenated alkanes) is 11. The third-order valence-corrected chi connectivity index (χ3v) is 6.27. The zero-order valence-electron chi connectivity index (χ0n) is 22.0. The van der Waals surface area contributed by atoms with Crippen LogP contribution in [0.15, 0.2) is 18.2 Å². The average Bonchev–Trinajstić information content (AvgIpc) is 2.85. The number of methoxy groups -OCH3 is 1. The zero-order valence-corrected chi connectivity index (χ0v) is 22.0. The van der Waals surface area contributed by atoms with Gasteiger partial charge in [-0.15, -0.1) is 0 Å². The third-order valence-electron chi connectivity index (χ3n) is 6.27. The fourth-order valence-electron chi connectivity index (χ4n) is 3.73. The molecule has 6 nitrogen and oxygen atoms in total. The summed E-state index contributed by atoms with van der Waals surface area (Å²) in [6.07, 6.45) is 15.6. The number of pyridine rings is 1. The number of hydrogen-bond acceptors (Lipinski definition) is 6. The number of hydrogen-bond donors (Lipinski definition) is 0. The van der Waals surface area contributed by atoms with Crippen LogP contribution in [0.4, 0.5) is 0 Å². The molecule has 2 unspecified atom stereocenters. The van der Waals surface area contributed by atoms with E-state index < -0.39 is 11.9 Å². The first-order chi connectivity index (χ1) is 16.5. The minimum Gasteiger partial charge on any atom is -0.461 e. The standard InChI is InChI=1S/C28H47NO5/c1-5-6-7-8-9-10-11-12-13-14-15-16-21-33-27(30)25-18-17-19-26(29-25)28(31)34-24(3)23(2)20-22-32-4/h17-19,23-24H,5-16,20-22H2,1-4H3. The van der Waals surface area contributed by atoms with Gasteiger partial charge in [-0.2, -0.15) is 0 Å². The Hall–Kier alpha value is -1.95. The molecular weight excluding hydrogens is 430 g/mol. The first-order valence-electron chi connectivity index (χ1n) is 13.3. The Kier molecular flexibility index (Phi) is 17.1. The lowest BCUT2D eigenvalue weighted by molar-refractivity contribution is 0.0167. The van der Waals surface area contributed by atoms with Gasteiger partial charge in [-0.3, -0.25) is 0 Å². The number of aromatic nitrogens is 1. The second-order valence-corrected chi connectivity index (χ2v) is 9.30. The molecular formula is C28H47NO5. The molecule has 0 aliphatic carbocycles. The van der Waals surface area contributed by atoms with Gasteiger partial charge in [-0.05, 0) is 37.8 Å². The smallest absolute Gasteiger partial charge is 0.357 e. The maximum absolute atomic E-state index is 12.4. The van der Waals surface area contributed by atoms with Gasteiger partial charge in [-0.1, -0.05) is 90.5 Å². The lowest BCUT2D eigenvalue weighted by atomic mass is 10.0. The summed E-state index contributed by atoms with van der Waals surface area (Å²) < 4.78 is 15.9. The van der Waals surface area contributed by atoms with Crippen molar-refractivity contribution in [3.63, 3.8) is 0 Å². The van der Waals surface area contributed by atoms with Crippen LogP contribution >= 0.6 is 0 Å². The molecule has 2 atom stereocenters. The molecule has 0 radical (unpaired) electrons. The van der Waals surface area contributed by atoms with E-state index in [2.05, 4.69) is 11.9 Å². The van der Waals surface area contributed by atoms with E-state index in [1.165, 1.54) is 64.2 Å². The molecule has 1 rings (SSSR count). The van der Waals surface area contributed by atoms with Gasteiger partial charge >= 0.3 is 11.9 Å². The number of carbonyl (C=O) groups excluding carboxylic acids is 2. The fourth-order valence-corrected chi connectivity index (χ4v) is 3.73. The van der Waals surface area contributed by atoms with Crippen LogP contribution in [0, 0.1) is 5.92 Å². The monoisotopic (exact) mass is 477 g/mol. The SMILES string of the molecule is CCCCCCCCCCCCCCOC(=O)c1cccc(C(=O)OC(C)C(C)CCOC)n1. The van der Waals surface area contributed by atoms with Crippen molar-refractivity contribution in [3.05, 3.63) is 29.6 Å². The maximum Gasteiger partial charge on any atom is 0.357 e. The van der Waals surface area contributed by atoms with Gasteiger partial charge in [0.2, 0.25) is 0 Å². The molecule has 0 aliphatic rings. The van der Waals surface area contributed by atoms with Gasteiger partial charge < -0.3 is 14.2 Å². The highest BCUT2D eigenvalue weighted by molar-refractivity contribution is 5.91. The molecule has 0 spiro atoms. The van der Waals surface area contributed by atoms with Crippen LogP contribution in [-0.2, 0) is 14.2 Å². The minimum atomic E-state index is -0.535. The Labute approximate surface area is 207 Å². The van der Waals surface area contributed by atoms with Crippen LogP contribution in [0.3, 0.4) is 0 Å². The summed E-state index contributed by atoms with van der Waals surface area (Å²) in [5.41, 5.74) is 0.249. The summed E-state index contributed by atoms with van der Waals surface area (Å²) >= 11 is 0. The van der Waals surface area contributed by atoms with E-state index in [0.717, 1.165) is 19.3 Å². The lowest BCUT2D eigenvalue weighted by Gasteiger charge is -2.19. The molecule has 0 fully saturated rings. The summed E-state index contributed by atoms with van der Waals surface area (Å²) in [5.74, 6) is -0.876. The molecule has 1 aromatic rings. The average molecular weight is 478 g/mol. The van der Waals surface area contributed by atoms with E-state index in [4.69, 9.17) is 14.2 Å². The second-order valence-electron chi connectivity index (χ2n) is 9.30.